The molecule has 0 spiro atoms. The molecule has 23 heavy (non-hydrogen) atoms. The van der Waals surface area contributed by atoms with Gasteiger partial charge in [0, 0.05) is 0 Å². The minimum Gasteiger partial charge on any atom is -0.486 e. The van der Waals surface area contributed by atoms with Crippen molar-refractivity contribution in [2.75, 3.05) is 13.2 Å². The highest BCUT2D eigenvalue weighted by molar-refractivity contribution is 5.92. The molecule has 0 fully saturated rings. The smallest absolute Gasteiger partial charge is 0.268 e. The molecule has 0 radical (unpaired) electrons. The number of carbonyl (C=O) groups is 1. The average molecular weight is 311 g/mol. The summed E-state index contributed by atoms with van der Waals surface area (Å²) in [5.74, 6) is 1.19. The van der Waals surface area contributed by atoms with Gasteiger partial charge in [0.2, 0.25) is 0 Å². The highest BCUT2D eigenvalue weighted by atomic mass is 16.6. The summed E-state index contributed by atoms with van der Waals surface area (Å²) < 4.78 is 11.1. The lowest BCUT2D eigenvalue weighted by atomic mass is 10.0. The van der Waals surface area contributed by atoms with E-state index in [9.17, 15) is 4.79 Å². The number of nitrogens with one attached hydrogen (secondary N) is 2. The Morgan fingerprint density at radius 2 is 2.09 bits per heavy atom. The van der Waals surface area contributed by atoms with Crippen molar-refractivity contribution in [1.82, 2.24) is 10.3 Å². The maximum absolute atomic E-state index is 12.3. The SMILES string of the molecule is CC[C@H](NC(=O)c1ccc(C#N)[nH]1)c1ccc2c(c1)OCCO2. The Hall–Kier alpha value is -2.94. The molecule has 1 atom stereocenters. The zero-order valence-electron chi connectivity index (χ0n) is 12.8. The number of rotatable bonds is 4. The molecule has 3 rings (SSSR count). The van der Waals surface area contributed by atoms with Crippen LogP contribution in [0.25, 0.3) is 0 Å². The van der Waals surface area contributed by atoms with E-state index in [1.54, 1.807) is 12.1 Å². The van der Waals surface area contributed by atoms with Gasteiger partial charge in [-0.1, -0.05) is 13.0 Å². The topological polar surface area (TPSA) is 87.1 Å². The van der Waals surface area contributed by atoms with Crippen LogP contribution in [0.4, 0.5) is 0 Å². The van der Waals surface area contributed by atoms with Crippen LogP contribution >= 0.6 is 0 Å². The molecular weight excluding hydrogens is 294 g/mol. The number of aromatic nitrogens is 1. The minimum absolute atomic E-state index is 0.146. The number of nitriles is 1. The molecule has 2 aromatic rings. The first-order valence-electron chi connectivity index (χ1n) is 7.50. The van der Waals surface area contributed by atoms with Gasteiger partial charge in [-0.15, -0.1) is 0 Å². The van der Waals surface area contributed by atoms with Gasteiger partial charge in [-0.3, -0.25) is 4.79 Å². The van der Waals surface area contributed by atoms with E-state index in [4.69, 9.17) is 14.7 Å². The van der Waals surface area contributed by atoms with Gasteiger partial charge in [-0.25, -0.2) is 0 Å². The Morgan fingerprint density at radius 1 is 1.30 bits per heavy atom. The summed E-state index contributed by atoms with van der Waals surface area (Å²) in [5, 5.41) is 11.8. The molecular formula is C17H17N3O3. The van der Waals surface area contributed by atoms with Gasteiger partial charge in [-0.05, 0) is 36.2 Å². The monoisotopic (exact) mass is 311 g/mol. The third-order valence-electron chi connectivity index (χ3n) is 3.73. The van der Waals surface area contributed by atoms with Crippen molar-refractivity contribution in [2.24, 2.45) is 0 Å². The summed E-state index contributed by atoms with van der Waals surface area (Å²) in [7, 11) is 0. The molecule has 1 amide bonds. The van der Waals surface area contributed by atoms with Crippen molar-refractivity contribution in [1.29, 1.82) is 5.26 Å². The van der Waals surface area contributed by atoms with Crippen molar-refractivity contribution in [3.63, 3.8) is 0 Å². The fourth-order valence-electron chi connectivity index (χ4n) is 2.53. The molecule has 6 heteroatoms. The summed E-state index contributed by atoms with van der Waals surface area (Å²) in [5.41, 5.74) is 1.69. The average Bonchev–Trinajstić information content (AvgIpc) is 3.08. The normalized spacial score (nSPS) is 13.9. The van der Waals surface area contributed by atoms with Gasteiger partial charge in [0.25, 0.3) is 5.91 Å². The van der Waals surface area contributed by atoms with E-state index in [-0.39, 0.29) is 11.9 Å². The fourth-order valence-corrected chi connectivity index (χ4v) is 2.53. The number of ether oxygens (including phenoxy) is 2. The quantitative estimate of drug-likeness (QED) is 0.908. The maximum atomic E-state index is 12.3. The first-order chi connectivity index (χ1) is 11.2. The Bertz CT molecular complexity index is 761. The first-order valence-corrected chi connectivity index (χ1v) is 7.50. The van der Waals surface area contributed by atoms with E-state index in [2.05, 4.69) is 10.3 Å². The molecule has 0 aliphatic carbocycles. The third-order valence-corrected chi connectivity index (χ3v) is 3.73. The van der Waals surface area contributed by atoms with Crippen LogP contribution in [0.5, 0.6) is 11.5 Å². The Kier molecular flexibility index (Phi) is 4.20. The number of fused-ring (bicyclic) bond motifs is 1. The van der Waals surface area contributed by atoms with Gasteiger partial charge in [0.05, 0.1) is 6.04 Å². The predicted molar refractivity (Wildman–Crippen MR) is 83.4 cm³/mol. The molecule has 2 N–H and O–H groups in total. The molecule has 0 bridgehead atoms. The second-order valence-electron chi connectivity index (χ2n) is 5.23. The first kappa shape index (κ1) is 15.0. The zero-order valence-corrected chi connectivity index (χ0v) is 12.8. The number of aromatic amines is 1. The van der Waals surface area contributed by atoms with Crippen molar-refractivity contribution >= 4 is 5.91 Å². The highest BCUT2D eigenvalue weighted by Crippen LogP contribution is 2.33. The van der Waals surface area contributed by atoms with Crippen LogP contribution in [0, 0.1) is 11.3 Å². The highest BCUT2D eigenvalue weighted by Gasteiger charge is 2.18. The van der Waals surface area contributed by atoms with E-state index in [0.29, 0.717) is 30.4 Å². The molecule has 1 aliphatic rings. The second-order valence-corrected chi connectivity index (χ2v) is 5.23. The lowest BCUT2D eigenvalue weighted by molar-refractivity contribution is 0.0931. The van der Waals surface area contributed by atoms with Crippen LogP contribution in [0.3, 0.4) is 0 Å². The number of amides is 1. The van der Waals surface area contributed by atoms with Crippen molar-refractivity contribution < 1.29 is 14.3 Å². The molecule has 118 valence electrons. The summed E-state index contributed by atoms with van der Waals surface area (Å²) in [6.07, 6.45) is 0.733. The van der Waals surface area contributed by atoms with Crippen molar-refractivity contribution in [3.8, 4) is 17.6 Å². The van der Waals surface area contributed by atoms with E-state index in [1.807, 2.05) is 31.2 Å². The summed E-state index contributed by atoms with van der Waals surface area (Å²) in [6.45, 7) is 3.07. The van der Waals surface area contributed by atoms with E-state index in [0.717, 1.165) is 17.7 Å². The van der Waals surface area contributed by atoms with Gasteiger partial charge in [0.15, 0.2) is 11.5 Å². The number of H-pyrrole nitrogens is 1. The molecule has 1 aromatic heterocycles. The molecule has 0 saturated carbocycles. The molecule has 6 nitrogen and oxygen atoms in total. The number of carbonyl (C=O) groups excluding carboxylic acids is 1. The van der Waals surface area contributed by atoms with Crippen LogP contribution in [0.15, 0.2) is 30.3 Å². The number of nitrogens with zero attached hydrogens (tertiary/aromatic N) is 1. The van der Waals surface area contributed by atoms with E-state index < -0.39 is 0 Å². The standard InChI is InChI=1S/C17H17N3O3/c1-2-13(20-17(21)14-5-4-12(10-18)19-14)11-3-6-15-16(9-11)23-8-7-22-15/h3-6,9,13,19H,2,7-8H2,1H3,(H,20,21)/t13-/m0/s1. The molecule has 0 unspecified atom stereocenters. The second kappa shape index (κ2) is 6.44. The molecule has 2 heterocycles. The van der Waals surface area contributed by atoms with Gasteiger partial charge in [-0.2, -0.15) is 5.26 Å². The number of benzene rings is 1. The van der Waals surface area contributed by atoms with Gasteiger partial charge in [0.1, 0.15) is 30.7 Å². The zero-order chi connectivity index (χ0) is 16.2. The van der Waals surface area contributed by atoms with Crippen molar-refractivity contribution in [2.45, 2.75) is 19.4 Å². The summed E-state index contributed by atoms with van der Waals surface area (Å²) in [6, 6.07) is 10.7. The van der Waals surface area contributed by atoms with Crippen LogP contribution in [0.2, 0.25) is 0 Å². The Balaban J connectivity index is 1.77. The Labute approximate surface area is 134 Å². The largest absolute Gasteiger partial charge is 0.486 e. The summed E-state index contributed by atoms with van der Waals surface area (Å²) >= 11 is 0. The summed E-state index contributed by atoms with van der Waals surface area (Å²) in [4.78, 5) is 15.1. The fraction of sp³-hybridized carbons (Fsp3) is 0.294. The number of hydrogen-bond acceptors (Lipinski definition) is 4. The molecule has 1 aliphatic heterocycles. The van der Waals surface area contributed by atoms with Gasteiger partial charge < -0.3 is 19.8 Å². The Morgan fingerprint density at radius 3 is 2.78 bits per heavy atom. The van der Waals surface area contributed by atoms with Crippen molar-refractivity contribution in [3.05, 3.63) is 47.3 Å². The van der Waals surface area contributed by atoms with Crippen LogP contribution in [-0.4, -0.2) is 24.1 Å². The maximum Gasteiger partial charge on any atom is 0.268 e. The van der Waals surface area contributed by atoms with E-state index in [1.165, 1.54) is 0 Å². The lowest BCUT2D eigenvalue weighted by Crippen LogP contribution is -2.28. The van der Waals surface area contributed by atoms with Crippen LogP contribution in [-0.2, 0) is 0 Å². The predicted octanol–water partition coefficient (Wildman–Crippen LogP) is 2.54. The molecule has 0 saturated heterocycles. The third kappa shape index (κ3) is 3.14. The van der Waals surface area contributed by atoms with E-state index >= 15 is 0 Å². The van der Waals surface area contributed by atoms with Crippen LogP contribution in [0.1, 0.15) is 41.1 Å². The van der Waals surface area contributed by atoms with Crippen LogP contribution < -0.4 is 14.8 Å². The minimum atomic E-state index is -0.242. The number of hydrogen-bond donors (Lipinski definition) is 2. The van der Waals surface area contributed by atoms with Gasteiger partial charge >= 0.3 is 0 Å². The molecule has 1 aromatic carbocycles. The lowest BCUT2D eigenvalue weighted by Gasteiger charge is -2.22.